The Morgan fingerprint density at radius 1 is 0.963 bits per heavy atom. The van der Waals surface area contributed by atoms with E-state index in [-0.39, 0.29) is 18.2 Å². The summed E-state index contributed by atoms with van der Waals surface area (Å²) in [6.45, 7) is 2.27. The van der Waals surface area contributed by atoms with E-state index in [2.05, 4.69) is 0 Å². The average molecular weight is 384 g/mol. The van der Waals surface area contributed by atoms with Gasteiger partial charge in [-0.2, -0.15) is 0 Å². The van der Waals surface area contributed by atoms with E-state index in [0.29, 0.717) is 23.4 Å². The molecule has 2 aromatic rings. The van der Waals surface area contributed by atoms with Gasteiger partial charge >= 0.3 is 0 Å². The smallest absolute Gasteiger partial charge is 0.261 e. The number of fused-ring (bicyclic) bond motifs is 2. The van der Waals surface area contributed by atoms with Crippen molar-refractivity contribution in [2.45, 2.75) is 13.3 Å². The number of hydrogen-bond acceptors (Lipinski definition) is 4. The Morgan fingerprint density at radius 3 is 2.22 bits per heavy atom. The molecule has 0 aliphatic carbocycles. The number of rotatable bonds is 4. The zero-order valence-electron chi connectivity index (χ0n) is 15.0. The fourth-order valence-corrected chi connectivity index (χ4v) is 5.36. The molecule has 2 aromatic carbocycles. The molecule has 1 unspecified atom stereocenters. The lowest BCUT2D eigenvalue weighted by Gasteiger charge is -2.34. The van der Waals surface area contributed by atoms with Gasteiger partial charge in [0.25, 0.3) is 11.8 Å². The van der Waals surface area contributed by atoms with Crippen molar-refractivity contribution in [3.8, 4) is 0 Å². The molecule has 2 aliphatic heterocycles. The second-order valence-corrected chi connectivity index (χ2v) is 9.11. The third-order valence-electron chi connectivity index (χ3n) is 5.09. The van der Waals surface area contributed by atoms with Gasteiger partial charge in [0.1, 0.15) is 0 Å². The molecule has 2 amide bonds. The molecule has 0 saturated carbocycles. The molecule has 7 heteroatoms. The number of benzene rings is 2. The summed E-state index contributed by atoms with van der Waals surface area (Å²) >= 11 is 0. The highest BCUT2D eigenvalue weighted by Gasteiger charge is 2.37. The van der Waals surface area contributed by atoms with Crippen molar-refractivity contribution in [2.75, 3.05) is 23.1 Å². The van der Waals surface area contributed by atoms with Crippen LogP contribution in [0.5, 0.6) is 0 Å². The van der Waals surface area contributed by atoms with Crippen LogP contribution >= 0.6 is 0 Å². The van der Waals surface area contributed by atoms with Crippen LogP contribution < -0.4 is 4.31 Å². The molecule has 0 saturated heterocycles. The van der Waals surface area contributed by atoms with Crippen molar-refractivity contribution < 1.29 is 18.0 Å². The summed E-state index contributed by atoms with van der Waals surface area (Å²) < 4.78 is 27.5. The molecular formula is C20H20N2O4S. The Hall–Kier alpha value is -2.67. The zero-order valence-corrected chi connectivity index (χ0v) is 15.8. The van der Waals surface area contributed by atoms with E-state index < -0.39 is 21.8 Å². The topological polar surface area (TPSA) is 74.8 Å². The minimum absolute atomic E-state index is 0.151. The molecular weight excluding hydrogens is 364 g/mol. The monoisotopic (exact) mass is 384 g/mol. The van der Waals surface area contributed by atoms with E-state index in [4.69, 9.17) is 0 Å². The standard InChI is InChI=1S/C20H20N2O4S/c1-14-12-15-6-2-5-9-18(15)22(13-14)27(25,26)11-10-21-19(23)16-7-3-4-8-17(16)20(21)24/h2-9,14H,10-13H2,1H3. The number of anilines is 1. The summed E-state index contributed by atoms with van der Waals surface area (Å²) in [6, 6.07) is 14.0. The molecule has 0 bridgehead atoms. The number of para-hydroxylation sites is 1. The molecule has 140 valence electrons. The van der Waals surface area contributed by atoms with Gasteiger partial charge in [-0.15, -0.1) is 0 Å². The number of carbonyl (C=O) groups is 2. The summed E-state index contributed by atoms with van der Waals surface area (Å²) in [6.07, 6.45) is 0.834. The van der Waals surface area contributed by atoms with Crippen LogP contribution in [-0.4, -0.2) is 44.0 Å². The summed E-state index contributed by atoms with van der Waals surface area (Å²) in [7, 11) is -3.66. The molecule has 0 fully saturated rings. The van der Waals surface area contributed by atoms with E-state index in [0.717, 1.165) is 16.9 Å². The molecule has 2 aliphatic rings. The molecule has 0 spiro atoms. The van der Waals surface area contributed by atoms with Crippen LogP contribution in [0.25, 0.3) is 0 Å². The van der Waals surface area contributed by atoms with Crippen LogP contribution in [0.1, 0.15) is 33.2 Å². The van der Waals surface area contributed by atoms with Crippen LogP contribution in [-0.2, 0) is 16.4 Å². The summed E-state index contributed by atoms with van der Waals surface area (Å²) in [5.41, 5.74) is 2.35. The van der Waals surface area contributed by atoms with Crippen LogP contribution in [0.15, 0.2) is 48.5 Å². The highest BCUT2D eigenvalue weighted by molar-refractivity contribution is 7.92. The van der Waals surface area contributed by atoms with Crippen molar-refractivity contribution >= 4 is 27.5 Å². The van der Waals surface area contributed by atoms with Gasteiger partial charge < -0.3 is 0 Å². The molecule has 27 heavy (non-hydrogen) atoms. The maximum Gasteiger partial charge on any atom is 0.261 e. The lowest BCUT2D eigenvalue weighted by Crippen LogP contribution is -2.43. The fraction of sp³-hybridized carbons (Fsp3) is 0.300. The number of nitrogens with zero attached hydrogens (tertiary/aromatic N) is 2. The minimum Gasteiger partial charge on any atom is -0.273 e. The van der Waals surface area contributed by atoms with Crippen molar-refractivity contribution in [3.63, 3.8) is 0 Å². The molecule has 0 radical (unpaired) electrons. The van der Waals surface area contributed by atoms with E-state index >= 15 is 0 Å². The number of hydrogen-bond donors (Lipinski definition) is 0. The lowest BCUT2D eigenvalue weighted by atomic mass is 9.96. The lowest BCUT2D eigenvalue weighted by molar-refractivity contribution is 0.0664. The first kappa shape index (κ1) is 17.7. The van der Waals surface area contributed by atoms with Crippen molar-refractivity contribution in [1.29, 1.82) is 0 Å². The van der Waals surface area contributed by atoms with E-state index in [1.54, 1.807) is 30.3 Å². The second-order valence-electron chi connectivity index (χ2n) is 7.09. The van der Waals surface area contributed by atoms with E-state index in [1.165, 1.54) is 4.31 Å². The fourth-order valence-electron chi connectivity index (χ4n) is 3.77. The highest BCUT2D eigenvalue weighted by atomic mass is 32.2. The van der Waals surface area contributed by atoms with Gasteiger partial charge in [0, 0.05) is 13.1 Å². The zero-order chi connectivity index (χ0) is 19.2. The number of sulfonamides is 1. The first-order chi connectivity index (χ1) is 12.9. The van der Waals surface area contributed by atoms with Gasteiger partial charge in [0.15, 0.2) is 0 Å². The first-order valence-corrected chi connectivity index (χ1v) is 10.5. The van der Waals surface area contributed by atoms with Gasteiger partial charge in [0.05, 0.1) is 22.6 Å². The average Bonchev–Trinajstić information content (AvgIpc) is 2.90. The maximum absolute atomic E-state index is 13.0. The maximum atomic E-state index is 13.0. The highest BCUT2D eigenvalue weighted by Crippen LogP contribution is 2.32. The van der Waals surface area contributed by atoms with E-state index in [1.807, 2.05) is 25.1 Å². The van der Waals surface area contributed by atoms with Gasteiger partial charge in [-0.1, -0.05) is 37.3 Å². The second kappa shape index (κ2) is 6.49. The molecule has 6 nitrogen and oxygen atoms in total. The van der Waals surface area contributed by atoms with Crippen LogP contribution in [0.2, 0.25) is 0 Å². The van der Waals surface area contributed by atoms with Crippen LogP contribution in [0.3, 0.4) is 0 Å². The van der Waals surface area contributed by atoms with Gasteiger partial charge in [-0.05, 0) is 36.1 Å². The normalized spacial score (nSPS) is 19.2. The van der Waals surface area contributed by atoms with Crippen LogP contribution in [0.4, 0.5) is 5.69 Å². The van der Waals surface area contributed by atoms with Crippen molar-refractivity contribution in [3.05, 3.63) is 65.2 Å². The summed E-state index contributed by atoms with van der Waals surface area (Å²) in [4.78, 5) is 25.9. The van der Waals surface area contributed by atoms with Crippen molar-refractivity contribution in [1.82, 2.24) is 4.90 Å². The molecule has 0 aromatic heterocycles. The SMILES string of the molecule is CC1Cc2ccccc2N(S(=O)(=O)CCN2C(=O)c3ccccc3C2=O)C1. The number of amides is 2. The predicted octanol–water partition coefficient (Wildman–Crippen LogP) is 2.31. The van der Waals surface area contributed by atoms with Gasteiger partial charge in [0.2, 0.25) is 10.0 Å². The number of imide groups is 1. The van der Waals surface area contributed by atoms with E-state index in [9.17, 15) is 18.0 Å². The Labute approximate surface area is 158 Å². The third-order valence-corrected chi connectivity index (χ3v) is 6.81. The van der Waals surface area contributed by atoms with Crippen LogP contribution in [0, 0.1) is 5.92 Å². The predicted molar refractivity (Wildman–Crippen MR) is 102 cm³/mol. The molecule has 2 heterocycles. The molecule has 4 rings (SSSR count). The minimum atomic E-state index is -3.66. The third kappa shape index (κ3) is 3.02. The Kier molecular flexibility index (Phi) is 4.26. The molecule has 0 N–H and O–H groups in total. The molecule has 1 atom stereocenters. The quantitative estimate of drug-likeness (QED) is 0.758. The number of carbonyl (C=O) groups excluding carboxylic acids is 2. The first-order valence-electron chi connectivity index (χ1n) is 8.92. The van der Waals surface area contributed by atoms with Crippen molar-refractivity contribution in [2.24, 2.45) is 5.92 Å². The summed E-state index contributed by atoms with van der Waals surface area (Å²) in [5, 5.41) is 0. The Morgan fingerprint density at radius 2 is 1.56 bits per heavy atom. The largest absolute Gasteiger partial charge is 0.273 e. The Balaban J connectivity index is 1.56. The summed E-state index contributed by atoms with van der Waals surface area (Å²) in [5.74, 6) is -0.954. The van der Waals surface area contributed by atoms with Gasteiger partial charge in [-0.3, -0.25) is 18.8 Å². The Bertz CT molecular complexity index is 997. The van der Waals surface area contributed by atoms with Gasteiger partial charge in [-0.25, -0.2) is 8.42 Å².